The lowest BCUT2D eigenvalue weighted by molar-refractivity contribution is -0.159. The molecule has 2 amide bonds. The summed E-state index contributed by atoms with van der Waals surface area (Å²) in [5, 5.41) is 14.4. The van der Waals surface area contributed by atoms with Crippen LogP contribution in [0.15, 0.2) is 66.3 Å². The van der Waals surface area contributed by atoms with E-state index < -0.39 is 53.6 Å². The molecule has 0 aromatic heterocycles. The number of cyclic esters (lactones) is 1. The first-order valence-corrected chi connectivity index (χ1v) is 15.1. The maximum absolute atomic E-state index is 13.4. The van der Waals surface area contributed by atoms with E-state index in [9.17, 15) is 24.0 Å². The number of nitrogens with one attached hydrogen (secondary N) is 2. The van der Waals surface area contributed by atoms with E-state index in [1.54, 1.807) is 68.5 Å². The number of carbonyl (C=O) groups is 5. The van der Waals surface area contributed by atoms with Gasteiger partial charge in [-0.1, -0.05) is 44.2 Å². The van der Waals surface area contributed by atoms with Crippen molar-refractivity contribution in [3.8, 4) is 0 Å². The van der Waals surface area contributed by atoms with E-state index in [4.69, 9.17) is 28.8 Å². The molecule has 4 atom stereocenters. The summed E-state index contributed by atoms with van der Waals surface area (Å²) in [5.41, 5.74) is 1.29. The van der Waals surface area contributed by atoms with Gasteiger partial charge in [0.1, 0.15) is 31.7 Å². The Bertz CT molecular complexity index is 1600. The van der Waals surface area contributed by atoms with Crippen LogP contribution in [0.4, 0.5) is 0 Å². The molecule has 0 radical (unpaired) electrons. The molecule has 5 rings (SSSR count). The zero-order chi connectivity index (χ0) is 33.6. The highest BCUT2D eigenvalue weighted by Crippen LogP contribution is 2.32. The van der Waals surface area contributed by atoms with Crippen molar-refractivity contribution in [1.82, 2.24) is 10.6 Å². The van der Waals surface area contributed by atoms with E-state index >= 15 is 0 Å². The van der Waals surface area contributed by atoms with Crippen LogP contribution in [-0.4, -0.2) is 85.8 Å². The maximum atomic E-state index is 13.4. The van der Waals surface area contributed by atoms with Crippen LogP contribution in [0.1, 0.15) is 52.1 Å². The number of benzene rings is 2. The van der Waals surface area contributed by atoms with Crippen molar-refractivity contribution < 1.29 is 52.8 Å². The molecule has 2 saturated heterocycles. The molecule has 0 saturated carbocycles. The molecule has 13 heteroatoms. The number of esters is 3. The molecule has 3 N–H and O–H groups in total. The van der Waals surface area contributed by atoms with Gasteiger partial charge in [-0.2, -0.15) is 0 Å². The summed E-state index contributed by atoms with van der Waals surface area (Å²) in [4.78, 5) is 63.4. The second-order valence-corrected chi connectivity index (χ2v) is 11.9. The Kier molecular flexibility index (Phi) is 10.5. The van der Waals surface area contributed by atoms with Gasteiger partial charge >= 0.3 is 17.9 Å². The molecule has 2 aromatic carbocycles. The van der Waals surface area contributed by atoms with Gasteiger partial charge in [-0.25, -0.2) is 14.4 Å². The molecule has 47 heavy (non-hydrogen) atoms. The smallest absolute Gasteiger partial charge is 0.348 e. The van der Waals surface area contributed by atoms with E-state index in [-0.39, 0.29) is 51.0 Å². The number of amides is 2. The minimum atomic E-state index is -1.04. The molecular formula is C34H36N2O11. The Morgan fingerprint density at radius 1 is 1.02 bits per heavy atom. The average molecular weight is 649 g/mol. The van der Waals surface area contributed by atoms with Crippen LogP contribution in [-0.2, 0) is 44.6 Å². The van der Waals surface area contributed by atoms with Gasteiger partial charge in [-0.15, -0.1) is 0 Å². The SMILES string of the molecule is CC1(C)COC(=O)C1OC(=O)C=Cc1ccccc1C(=O)OC1CC(C(=O)NCc2cccc(C(=O)NCCO)c2)=CC2OCOC21. The highest BCUT2D eigenvalue weighted by Gasteiger charge is 2.46. The molecule has 0 spiro atoms. The number of fused-ring (bicyclic) bond motifs is 1. The number of ether oxygens (including phenoxy) is 5. The summed E-state index contributed by atoms with van der Waals surface area (Å²) in [6.07, 6.45) is 1.10. The number of hydrogen-bond donors (Lipinski definition) is 3. The topological polar surface area (TPSA) is 176 Å². The summed E-state index contributed by atoms with van der Waals surface area (Å²) in [6.45, 7) is 3.70. The van der Waals surface area contributed by atoms with Crippen molar-refractivity contribution in [2.24, 2.45) is 5.41 Å². The number of hydrogen-bond acceptors (Lipinski definition) is 11. The molecule has 2 fully saturated rings. The van der Waals surface area contributed by atoms with Crippen LogP contribution in [0, 0.1) is 5.41 Å². The number of carbonyl (C=O) groups excluding carboxylic acids is 5. The van der Waals surface area contributed by atoms with Gasteiger partial charge in [0.05, 0.1) is 12.2 Å². The lowest BCUT2D eigenvalue weighted by Crippen LogP contribution is -2.43. The first-order chi connectivity index (χ1) is 22.6. The zero-order valence-corrected chi connectivity index (χ0v) is 25.9. The van der Waals surface area contributed by atoms with Crippen LogP contribution in [0.25, 0.3) is 6.08 Å². The van der Waals surface area contributed by atoms with Gasteiger partial charge in [0, 0.05) is 42.1 Å². The fraction of sp³-hybridized carbons (Fsp3) is 0.382. The Morgan fingerprint density at radius 2 is 1.83 bits per heavy atom. The second-order valence-electron chi connectivity index (χ2n) is 11.9. The predicted molar refractivity (Wildman–Crippen MR) is 164 cm³/mol. The van der Waals surface area contributed by atoms with E-state index in [0.29, 0.717) is 22.3 Å². The molecule has 2 aromatic rings. The third kappa shape index (κ3) is 8.12. The highest BCUT2D eigenvalue weighted by molar-refractivity contribution is 5.97. The summed E-state index contributed by atoms with van der Waals surface area (Å²) >= 11 is 0. The Morgan fingerprint density at radius 3 is 2.60 bits per heavy atom. The monoisotopic (exact) mass is 648 g/mol. The molecule has 0 bridgehead atoms. The van der Waals surface area contributed by atoms with Gasteiger partial charge in [0.25, 0.3) is 5.91 Å². The van der Waals surface area contributed by atoms with Crippen LogP contribution in [0.5, 0.6) is 0 Å². The lowest BCUT2D eigenvalue weighted by atomic mass is 9.90. The summed E-state index contributed by atoms with van der Waals surface area (Å²) in [5.74, 6) is -2.81. The van der Waals surface area contributed by atoms with E-state index in [0.717, 1.165) is 6.08 Å². The van der Waals surface area contributed by atoms with Crippen LogP contribution in [0.2, 0.25) is 0 Å². The third-order valence-corrected chi connectivity index (χ3v) is 7.91. The number of aliphatic hydroxyl groups excluding tert-OH is 1. The molecule has 2 aliphatic heterocycles. The summed E-state index contributed by atoms with van der Waals surface area (Å²) in [7, 11) is 0. The second kappa shape index (κ2) is 14.7. The van der Waals surface area contributed by atoms with Crippen LogP contribution in [0.3, 0.4) is 0 Å². The maximum Gasteiger partial charge on any atom is 0.348 e. The molecule has 4 unspecified atom stereocenters. The first-order valence-electron chi connectivity index (χ1n) is 15.1. The third-order valence-electron chi connectivity index (χ3n) is 7.91. The van der Waals surface area contributed by atoms with E-state index in [2.05, 4.69) is 10.6 Å². The largest absolute Gasteiger partial charge is 0.462 e. The quantitative estimate of drug-likeness (QED) is 0.184. The Hall–Kier alpha value is -4.85. The van der Waals surface area contributed by atoms with E-state index in [1.807, 2.05) is 0 Å². The predicted octanol–water partition coefficient (Wildman–Crippen LogP) is 1.83. The van der Waals surface area contributed by atoms with Crippen molar-refractivity contribution in [3.63, 3.8) is 0 Å². The fourth-order valence-electron chi connectivity index (χ4n) is 5.39. The van der Waals surface area contributed by atoms with Crippen LogP contribution < -0.4 is 10.6 Å². The fourth-order valence-corrected chi connectivity index (χ4v) is 5.39. The molecule has 1 aliphatic carbocycles. The molecule has 248 valence electrons. The molecule has 3 aliphatic rings. The van der Waals surface area contributed by atoms with Gasteiger partial charge in [0.15, 0.2) is 0 Å². The summed E-state index contributed by atoms with van der Waals surface area (Å²) in [6, 6.07) is 13.2. The van der Waals surface area contributed by atoms with Gasteiger partial charge in [0.2, 0.25) is 12.0 Å². The van der Waals surface area contributed by atoms with Crippen LogP contribution >= 0.6 is 0 Å². The molecule has 13 nitrogen and oxygen atoms in total. The lowest BCUT2D eigenvalue weighted by Gasteiger charge is -2.30. The zero-order valence-electron chi connectivity index (χ0n) is 25.9. The van der Waals surface area contributed by atoms with Crippen molar-refractivity contribution in [2.75, 3.05) is 26.6 Å². The Labute approximate surface area is 270 Å². The van der Waals surface area contributed by atoms with Gasteiger partial charge < -0.3 is 39.4 Å². The average Bonchev–Trinajstić information content (AvgIpc) is 3.65. The van der Waals surface area contributed by atoms with Gasteiger partial charge in [-0.3, -0.25) is 9.59 Å². The molecule has 2 heterocycles. The van der Waals surface area contributed by atoms with E-state index in [1.165, 1.54) is 6.08 Å². The minimum absolute atomic E-state index is 0.0350. The highest BCUT2D eigenvalue weighted by atomic mass is 16.7. The Balaban J connectivity index is 1.22. The number of rotatable bonds is 11. The standard InChI is InChI=1S/C34H36N2O11/c1-34(2)18-43-33(42)29(34)47-27(38)11-10-21-7-3-4-9-24(21)32(41)46-26-16-23(15-25-28(26)45-19-44-25)31(40)36-17-20-6-5-8-22(14-20)30(39)35-12-13-37/h3-11,14-15,25-26,28-29,37H,12-13,16-19H2,1-2H3,(H,35,39)(H,36,40). The summed E-state index contributed by atoms with van der Waals surface area (Å²) < 4.78 is 27.5. The minimum Gasteiger partial charge on any atom is -0.462 e. The van der Waals surface area contributed by atoms with Crippen molar-refractivity contribution in [1.29, 1.82) is 0 Å². The van der Waals surface area contributed by atoms with Gasteiger partial charge in [-0.05, 0) is 41.5 Å². The van der Waals surface area contributed by atoms with Crippen molar-refractivity contribution in [3.05, 3.63) is 88.5 Å². The first kappa shape index (κ1) is 33.5. The van der Waals surface area contributed by atoms with Crippen molar-refractivity contribution in [2.45, 2.75) is 51.2 Å². The number of aliphatic hydroxyl groups is 1. The normalized spacial score (nSPS) is 23.0. The van der Waals surface area contributed by atoms with Crippen molar-refractivity contribution >= 4 is 35.8 Å². The molecular weight excluding hydrogens is 612 g/mol.